The predicted molar refractivity (Wildman–Crippen MR) is 125 cm³/mol. The summed E-state index contributed by atoms with van der Waals surface area (Å²) < 4.78 is 44.5. The number of nitrogens with zero attached hydrogens (tertiary/aromatic N) is 4. The lowest BCUT2D eigenvalue weighted by Crippen LogP contribution is -2.27. The molecule has 11 heteroatoms. The van der Waals surface area contributed by atoms with Crippen LogP contribution < -0.4 is 5.32 Å². The molecule has 1 aliphatic heterocycles. The molecular weight excluding hydrogens is 570 g/mol. The van der Waals surface area contributed by atoms with E-state index in [0.29, 0.717) is 31.3 Å². The number of anilines is 1. The van der Waals surface area contributed by atoms with Gasteiger partial charge in [-0.05, 0) is 60.7 Å². The molecule has 5 rings (SSSR count). The third kappa shape index (κ3) is 3.46. The monoisotopic (exact) mass is 583 g/mol. The van der Waals surface area contributed by atoms with Crippen LogP contribution in [0.3, 0.4) is 0 Å². The zero-order valence-corrected chi connectivity index (χ0v) is 20.1. The smallest absolute Gasteiger partial charge is 0.235 e. The second kappa shape index (κ2) is 7.66. The summed E-state index contributed by atoms with van der Waals surface area (Å²) in [4.78, 5) is 26.0. The average Bonchev–Trinajstić information content (AvgIpc) is 3.22. The number of hydrogen-bond donors (Lipinski definition) is 1. The van der Waals surface area contributed by atoms with Crippen LogP contribution in [0.2, 0.25) is 5.02 Å². The van der Waals surface area contributed by atoms with Gasteiger partial charge in [0.25, 0.3) is 0 Å². The Morgan fingerprint density at radius 2 is 1.82 bits per heavy atom. The molecule has 0 atom stereocenters. The van der Waals surface area contributed by atoms with Gasteiger partial charge in [-0.3, -0.25) is 4.79 Å². The van der Waals surface area contributed by atoms with Crippen molar-refractivity contribution in [3.63, 3.8) is 0 Å². The molecule has 1 aromatic carbocycles. The Balaban J connectivity index is 1.70. The van der Waals surface area contributed by atoms with Gasteiger partial charge in [-0.2, -0.15) is 0 Å². The second-order valence-electron chi connectivity index (χ2n) is 8.12. The molecule has 0 spiro atoms. The van der Waals surface area contributed by atoms with Gasteiger partial charge in [-0.15, -0.1) is 0 Å². The number of benzene rings is 1. The number of rotatable bonds is 3. The number of nitrogens with one attached hydrogen (secondary N) is 1. The Morgan fingerprint density at radius 1 is 1.09 bits per heavy atom. The van der Waals surface area contributed by atoms with Crippen LogP contribution >= 0.6 is 34.2 Å². The summed E-state index contributed by atoms with van der Waals surface area (Å²) in [7, 11) is 0. The van der Waals surface area contributed by atoms with E-state index in [1.54, 1.807) is 36.6 Å². The lowest BCUT2D eigenvalue weighted by atomic mass is 9.88. The van der Waals surface area contributed by atoms with Gasteiger partial charge in [-0.1, -0.05) is 11.6 Å². The average molecular weight is 584 g/mol. The van der Waals surface area contributed by atoms with Crippen molar-refractivity contribution in [3.05, 3.63) is 73.6 Å². The fourth-order valence-electron chi connectivity index (χ4n) is 3.86. The summed E-state index contributed by atoms with van der Waals surface area (Å²) in [5.74, 6) is -2.68. The fraction of sp³-hybridized carbons (Fsp3) is 0.182. The van der Waals surface area contributed by atoms with Crippen LogP contribution in [0, 0.1) is 21.2 Å². The minimum Gasteiger partial charge on any atom is -0.310 e. The second-order valence-corrected chi connectivity index (χ2v) is 9.58. The minimum absolute atomic E-state index is 0.193. The maximum absolute atomic E-state index is 14.3. The van der Waals surface area contributed by atoms with Gasteiger partial charge in [0.2, 0.25) is 5.91 Å². The van der Waals surface area contributed by atoms with E-state index < -0.39 is 28.4 Å². The molecule has 33 heavy (non-hydrogen) atoms. The molecule has 0 aliphatic carbocycles. The molecule has 4 aromatic rings. The van der Waals surface area contributed by atoms with Crippen molar-refractivity contribution in [2.45, 2.75) is 25.7 Å². The number of fused-ring (bicyclic) bond motifs is 2. The van der Waals surface area contributed by atoms with Gasteiger partial charge in [0, 0.05) is 23.7 Å². The van der Waals surface area contributed by atoms with Crippen molar-refractivity contribution < 1.29 is 18.0 Å². The number of hydrogen-bond acceptors (Lipinski definition) is 4. The molecular formula is C22H14ClF3IN5O. The fourth-order valence-corrected chi connectivity index (χ4v) is 5.18. The first-order chi connectivity index (χ1) is 15.6. The molecule has 0 radical (unpaired) electrons. The van der Waals surface area contributed by atoms with E-state index in [1.165, 1.54) is 0 Å². The van der Waals surface area contributed by atoms with Gasteiger partial charge in [0.1, 0.15) is 26.9 Å². The lowest BCUT2D eigenvalue weighted by molar-refractivity contribution is -0.119. The number of pyridine rings is 1. The lowest BCUT2D eigenvalue weighted by Gasteiger charge is -2.15. The van der Waals surface area contributed by atoms with Crippen molar-refractivity contribution in [3.8, 4) is 11.5 Å². The van der Waals surface area contributed by atoms with Gasteiger partial charge < -0.3 is 9.72 Å². The van der Waals surface area contributed by atoms with Crippen LogP contribution in [-0.2, 0) is 16.6 Å². The van der Waals surface area contributed by atoms with E-state index >= 15 is 0 Å². The van der Waals surface area contributed by atoms with Gasteiger partial charge >= 0.3 is 0 Å². The SMILES string of the molecule is CC1(C)C(=O)Nc2nc(-c3nc(Cc4c(F)ccc(F)c4F)n4cc(Cl)ccc34)nc(I)c21. The summed E-state index contributed by atoms with van der Waals surface area (Å²) in [6, 6.07) is 4.92. The summed E-state index contributed by atoms with van der Waals surface area (Å²) in [5.41, 5.74) is 0.315. The van der Waals surface area contributed by atoms with Gasteiger partial charge in [0.05, 0.1) is 16.0 Å². The third-order valence-electron chi connectivity index (χ3n) is 5.65. The van der Waals surface area contributed by atoms with Crippen molar-refractivity contribution in [2.75, 3.05) is 5.32 Å². The zero-order chi connectivity index (χ0) is 23.7. The topological polar surface area (TPSA) is 72.2 Å². The van der Waals surface area contributed by atoms with Gasteiger partial charge in [-0.25, -0.2) is 28.1 Å². The summed E-state index contributed by atoms with van der Waals surface area (Å²) in [6.07, 6.45) is 1.21. The van der Waals surface area contributed by atoms with Crippen molar-refractivity contribution >= 4 is 51.4 Å². The van der Waals surface area contributed by atoms with Crippen molar-refractivity contribution in [1.82, 2.24) is 19.4 Å². The minimum atomic E-state index is -1.27. The maximum Gasteiger partial charge on any atom is 0.235 e. The van der Waals surface area contributed by atoms with Crippen LogP contribution in [-0.4, -0.2) is 25.3 Å². The quantitative estimate of drug-likeness (QED) is 0.202. The highest BCUT2D eigenvalue weighted by Gasteiger charge is 2.42. The number of carbonyl (C=O) groups is 1. The molecule has 1 aliphatic rings. The maximum atomic E-state index is 14.3. The summed E-state index contributed by atoms with van der Waals surface area (Å²) >= 11 is 8.19. The third-order valence-corrected chi connectivity index (χ3v) is 6.65. The van der Waals surface area contributed by atoms with E-state index in [1.807, 2.05) is 22.6 Å². The van der Waals surface area contributed by atoms with E-state index in [2.05, 4.69) is 20.3 Å². The molecule has 1 amide bonds. The molecule has 0 saturated heterocycles. The number of imidazole rings is 1. The number of amides is 1. The molecule has 4 heterocycles. The first kappa shape index (κ1) is 22.1. The molecule has 6 nitrogen and oxygen atoms in total. The van der Waals surface area contributed by atoms with Crippen LogP contribution in [0.1, 0.15) is 30.8 Å². The number of aromatic nitrogens is 4. The first-order valence-corrected chi connectivity index (χ1v) is 11.2. The molecule has 0 saturated carbocycles. The molecule has 0 bridgehead atoms. The van der Waals surface area contributed by atoms with Crippen LogP contribution in [0.4, 0.5) is 19.0 Å². The zero-order valence-electron chi connectivity index (χ0n) is 17.2. The highest BCUT2D eigenvalue weighted by Crippen LogP contribution is 2.40. The molecule has 0 unspecified atom stereocenters. The first-order valence-electron chi connectivity index (χ1n) is 9.76. The van der Waals surface area contributed by atoms with Crippen molar-refractivity contribution in [1.29, 1.82) is 0 Å². The number of carbonyl (C=O) groups excluding carboxylic acids is 1. The largest absolute Gasteiger partial charge is 0.310 e. The van der Waals surface area contributed by atoms with Crippen LogP contribution in [0.25, 0.3) is 17.0 Å². The Hall–Kier alpha value is -2.73. The summed E-state index contributed by atoms with van der Waals surface area (Å²) in [5, 5.41) is 3.14. The predicted octanol–water partition coefficient (Wildman–Crippen LogP) is 5.29. The Bertz CT molecular complexity index is 1490. The normalized spacial score (nSPS) is 14.6. The van der Waals surface area contributed by atoms with Crippen molar-refractivity contribution in [2.24, 2.45) is 0 Å². The Morgan fingerprint density at radius 3 is 2.58 bits per heavy atom. The molecule has 3 aromatic heterocycles. The van der Waals surface area contributed by atoms with E-state index in [4.69, 9.17) is 11.6 Å². The molecule has 0 fully saturated rings. The summed E-state index contributed by atoms with van der Waals surface area (Å²) in [6.45, 7) is 3.57. The Kier molecular flexibility index (Phi) is 5.12. The molecule has 1 N–H and O–H groups in total. The number of halogens is 5. The van der Waals surface area contributed by atoms with Crippen LogP contribution in [0.15, 0.2) is 30.5 Å². The van der Waals surface area contributed by atoms with E-state index in [9.17, 15) is 18.0 Å². The Labute approximate surface area is 204 Å². The van der Waals surface area contributed by atoms with E-state index in [0.717, 1.165) is 12.1 Å². The molecule has 168 valence electrons. The standard InChI is InChI=1S/C22H14ClF3IN5O/c1-22(2)15-18(27)29-20(30-19(15)31-21(22)33)17-13-6-3-9(23)8-32(13)14(28-17)7-10-11(24)4-5-12(25)16(10)26/h3-6,8H,7H2,1-2H3,(H,29,30,31,33). The highest BCUT2D eigenvalue weighted by molar-refractivity contribution is 14.1. The highest BCUT2D eigenvalue weighted by atomic mass is 127. The van der Waals surface area contributed by atoms with Gasteiger partial charge in [0.15, 0.2) is 17.5 Å². The van der Waals surface area contributed by atoms with E-state index in [-0.39, 0.29) is 24.0 Å². The van der Waals surface area contributed by atoms with Crippen LogP contribution in [0.5, 0.6) is 0 Å².